The molecule has 120 valence electrons. The van der Waals surface area contributed by atoms with Gasteiger partial charge in [-0.15, -0.1) is 0 Å². The van der Waals surface area contributed by atoms with E-state index in [1.54, 1.807) is 18.2 Å². The summed E-state index contributed by atoms with van der Waals surface area (Å²) in [6, 6.07) is 10.8. The van der Waals surface area contributed by atoms with E-state index in [-0.39, 0.29) is 5.91 Å². The number of amides is 1. The van der Waals surface area contributed by atoms with Crippen molar-refractivity contribution in [1.29, 1.82) is 0 Å². The Labute approximate surface area is 135 Å². The van der Waals surface area contributed by atoms with Crippen LogP contribution in [0.5, 0.6) is 17.2 Å². The number of aryl methyl sites for hydroxylation is 1. The molecule has 0 atom stereocenters. The highest BCUT2D eigenvalue weighted by Gasteiger charge is 2.16. The van der Waals surface area contributed by atoms with E-state index in [0.29, 0.717) is 48.3 Å². The Morgan fingerprint density at radius 3 is 2.70 bits per heavy atom. The minimum atomic E-state index is -0.216. The molecule has 1 amide bonds. The van der Waals surface area contributed by atoms with Gasteiger partial charge in [-0.25, -0.2) is 0 Å². The van der Waals surface area contributed by atoms with E-state index in [9.17, 15) is 4.79 Å². The molecule has 0 bridgehead atoms. The van der Waals surface area contributed by atoms with Crippen LogP contribution in [0.15, 0.2) is 36.4 Å². The van der Waals surface area contributed by atoms with Crippen LogP contribution in [0.1, 0.15) is 22.8 Å². The average Bonchev–Trinajstić information content (AvgIpc) is 2.57. The van der Waals surface area contributed by atoms with Gasteiger partial charge in [0.1, 0.15) is 19.0 Å². The lowest BCUT2D eigenvalue weighted by atomic mass is 10.1. The molecule has 0 saturated heterocycles. The number of hydrogen-bond donors (Lipinski definition) is 1. The fourth-order valence-corrected chi connectivity index (χ4v) is 2.39. The number of nitrogens with one attached hydrogen (secondary N) is 1. The molecule has 1 aliphatic rings. The SMILES string of the molecule is CCOc1cc(C)ccc1NC(=O)c1ccc2c(c1)OCCO2. The van der Waals surface area contributed by atoms with Crippen LogP contribution in [0.25, 0.3) is 0 Å². The summed E-state index contributed by atoms with van der Waals surface area (Å²) >= 11 is 0. The third kappa shape index (κ3) is 3.39. The molecule has 0 radical (unpaired) electrons. The van der Waals surface area contributed by atoms with Gasteiger partial charge in [0.05, 0.1) is 12.3 Å². The number of ether oxygens (including phenoxy) is 3. The van der Waals surface area contributed by atoms with Crippen molar-refractivity contribution in [3.63, 3.8) is 0 Å². The largest absolute Gasteiger partial charge is 0.492 e. The number of rotatable bonds is 4. The van der Waals surface area contributed by atoms with Gasteiger partial charge in [0.15, 0.2) is 11.5 Å². The zero-order valence-corrected chi connectivity index (χ0v) is 13.2. The fraction of sp³-hybridized carbons (Fsp3) is 0.278. The van der Waals surface area contributed by atoms with Crippen LogP contribution in [0.3, 0.4) is 0 Å². The predicted octanol–water partition coefficient (Wildman–Crippen LogP) is 3.42. The van der Waals surface area contributed by atoms with Gasteiger partial charge in [-0.1, -0.05) is 6.07 Å². The first-order chi connectivity index (χ1) is 11.2. The van der Waals surface area contributed by atoms with Crippen molar-refractivity contribution >= 4 is 11.6 Å². The summed E-state index contributed by atoms with van der Waals surface area (Å²) in [4.78, 5) is 12.5. The maximum absolute atomic E-state index is 12.5. The highest BCUT2D eigenvalue weighted by Crippen LogP contribution is 2.31. The molecule has 1 heterocycles. The normalized spacial score (nSPS) is 12.6. The second-order valence-electron chi connectivity index (χ2n) is 5.25. The lowest BCUT2D eigenvalue weighted by Gasteiger charge is -2.19. The summed E-state index contributed by atoms with van der Waals surface area (Å²) in [6.07, 6.45) is 0. The van der Waals surface area contributed by atoms with E-state index in [4.69, 9.17) is 14.2 Å². The molecule has 5 heteroatoms. The monoisotopic (exact) mass is 313 g/mol. The first-order valence-electron chi connectivity index (χ1n) is 7.62. The Morgan fingerprint density at radius 2 is 1.91 bits per heavy atom. The van der Waals surface area contributed by atoms with E-state index < -0.39 is 0 Å². The summed E-state index contributed by atoms with van der Waals surface area (Å²) in [6.45, 7) is 5.45. The van der Waals surface area contributed by atoms with Crippen LogP contribution in [0.4, 0.5) is 5.69 Å². The lowest BCUT2D eigenvalue weighted by molar-refractivity contribution is 0.102. The third-order valence-electron chi connectivity index (χ3n) is 3.49. The molecular weight excluding hydrogens is 294 g/mol. The van der Waals surface area contributed by atoms with E-state index >= 15 is 0 Å². The lowest BCUT2D eigenvalue weighted by Crippen LogP contribution is -2.17. The standard InChI is InChI=1S/C18H19NO4/c1-3-21-16-10-12(2)4-6-14(16)19-18(20)13-5-7-15-17(11-13)23-9-8-22-15/h4-7,10-11H,3,8-9H2,1-2H3,(H,19,20). The number of fused-ring (bicyclic) bond motifs is 1. The predicted molar refractivity (Wildman–Crippen MR) is 87.7 cm³/mol. The Bertz CT molecular complexity index is 727. The zero-order chi connectivity index (χ0) is 16.2. The van der Waals surface area contributed by atoms with Gasteiger partial charge in [0.2, 0.25) is 0 Å². The third-order valence-corrected chi connectivity index (χ3v) is 3.49. The number of carbonyl (C=O) groups excluding carboxylic acids is 1. The summed E-state index contributed by atoms with van der Waals surface area (Å²) in [7, 11) is 0. The maximum Gasteiger partial charge on any atom is 0.255 e. The number of anilines is 1. The molecule has 2 aromatic rings. The van der Waals surface area contributed by atoms with Gasteiger partial charge in [0, 0.05) is 5.56 Å². The quantitative estimate of drug-likeness (QED) is 0.939. The van der Waals surface area contributed by atoms with Crippen molar-refractivity contribution in [2.24, 2.45) is 0 Å². The van der Waals surface area contributed by atoms with Gasteiger partial charge in [-0.2, -0.15) is 0 Å². The van der Waals surface area contributed by atoms with E-state index in [1.165, 1.54) is 0 Å². The molecule has 2 aromatic carbocycles. The molecule has 5 nitrogen and oxygen atoms in total. The minimum absolute atomic E-state index is 0.216. The second-order valence-corrected chi connectivity index (χ2v) is 5.25. The van der Waals surface area contributed by atoms with Crippen molar-refractivity contribution in [1.82, 2.24) is 0 Å². The van der Waals surface area contributed by atoms with Gasteiger partial charge < -0.3 is 19.5 Å². The molecule has 0 saturated carbocycles. The molecule has 0 aromatic heterocycles. The smallest absolute Gasteiger partial charge is 0.255 e. The van der Waals surface area contributed by atoms with Crippen LogP contribution < -0.4 is 19.5 Å². The van der Waals surface area contributed by atoms with Gasteiger partial charge in [-0.05, 0) is 49.7 Å². The number of benzene rings is 2. The average molecular weight is 313 g/mol. The zero-order valence-electron chi connectivity index (χ0n) is 13.2. The topological polar surface area (TPSA) is 56.8 Å². The fourth-order valence-electron chi connectivity index (χ4n) is 2.39. The molecule has 23 heavy (non-hydrogen) atoms. The van der Waals surface area contributed by atoms with Crippen molar-refractivity contribution in [3.8, 4) is 17.2 Å². The van der Waals surface area contributed by atoms with Crippen molar-refractivity contribution in [3.05, 3.63) is 47.5 Å². The van der Waals surface area contributed by atoms with Crippen LogP contribution in [-0.2, 0) is 0 Å². The molecular formula is C18H19NO4. The second kappa shape index (κ2) is 6.60. The van der Waals surface area contributed by atoms with E-state index in [2.05, 4.69) is 5.32 Å². The summed E-state index contributed by atoms with van der Waals surface area (Å²) in [5.41, 5.74) is 2.24. The van der Waals surface area contributed by atoms with Crippen LogP contribution in [0, 0.1) is 6.92 Å². The van der Waals surface area contributed by atoms with Gasteiger partial charge in [-0.3, -0.25) is 4.79 Å². The Balaban J connectivity index is 1.82. The number of carbonyl (C=O) groups is 1. The Kier molecular flexibility index (Phi) is 4.37. The number of hydrogen-bond acceptors (Lipinski definition) is 4. The molecule has 1 N–H and O–H groups in total. The highest BCUT2D eigenvalue weighted by atomic mass is 16.6. The van der Waals surface area contributed by atoms with E-state index in [1.807, 2.05) is 32.0 Å². The molecule has 0 spiro atoms. The van der Waals surface area contributed by atoms with Crippen LogP contribution >= 0.6 is 0 Å². The Hall–Kier alpha value is -2.69. The molecule has 1 aliphatic heterocycles. The minimum Gasteiger partial charge on any atom is -0.492 e. The molecule has 0 unspecified atom stereocenters. The first-order valence-corrected chi connectivity index (χ1v) is 7.62. The summed E-state index contributed by atoms with van der Waals surface area (Å²) in [5, 5.41) is 2.89. The van der Waals surface area contributed by atoms with Crippen LogP contribution in [0.2, 0.25) is 0 Å². The molecule has 0 fully saturated rings. The Morgan fingerprint density at radius 1 is 1.13 bits per heavy atom. The molecule has 0 aliphatic carbocycles. The maximum atomic E-state index is 12.5. The van der Waals surface area contributed by atoms with Crippen molar-refractivity contribution in [2.75, 3.05) is 25.1 Å². The van der Waals surface area contributed by atoms with E-state index in [0.717, 1.165) is 5.56 Å². The van der Waals surface area contributed by atoms with Gasteiger partial charge in [0.25, 0.3) is 5.91 Å². The summed E-state index contributed by atoms with van der Waals surface area (Å²) in [5.74, 6) is 1.71. The van der Waals surface area contributed by atoms with Crippen LogP contribution in [-0.4, -0.2) is 25.7 Å². The first kappa shape index (κ1) is 15.2. The summed E-state index contributed by atoms with van der Waals surface area (Å²) < 4.78 is 16.6. The van der Waals surface area contributed by atoms with Crippen molar-refractivity contribution < 1.29 is 19.0 Å². The van der Waals surface area contributed by atoms with Crippen molar-refractivity contribution in [2.45, 2.75) is 13.8 Å². The molecule has 3 rings (SSSR count). The highest BCUT2D eigenvalue weighted by molar-refractivity contribution is 6.05. The van der Waals surface area contributed by atoms with Gasteiger partial charge >= 0.3 is 0 Å².